The second kappa shape index (κ2) is 9.24. The summed E-state index contributed by atoms with van der Waals surface area (Å²) >= 11 is 6.70. The number of aliphatic carboxylic acids is 1. The number of hydrogen-bond acceptors (Lipinski definition) is 5. The quantitative estimate of drug-likeness (QED) is 0.501. The summed E-state index contributed by atoms with van der Waals surface area (Å²) < 4.78 is 6.15. The van der Waals surface area contributed by atoms with Crippen LogP contribution in [0, 0.1) is 0 Å². The van der Waals surface area contributed by atoms with Crippen LogP contribution < -0.4 is 4.74 Å². The van der Waals surface area contributed by atoms with Crippen LogP contribution in [0.1, 0.15) is 37.4 Å². The third-order valence-corrected chi connectivity index (χ3v) is 5.94. The number of carboxylic acids is 1. The molecule has 1 aliphatic rings. The number of ether oxygens (including phenoxy) is 1. The zero-order valence-electron chi connectivity index (χ0n) is 16.1. The molecule has 2 aromatic rings. The third-order valence-electron chi connectivity index (χ3n) is 4.61. The fraction of sp³-hybridized carbons (Fsp3) is 0.227. The first kappa shape index (κ1) is 21.1. The van der Waals surface area contributed by atoms with Gasteiger partial charge in [0.25, 0.3) is 5.91 Å². The maximum Gasteiger partial charge on any atom is 0.344 e. The van der Waals surface area contributed by atoms with E-state index in [1.165, 1.54) is 11.8 Å². The number of amides is 1. The zero-order chi connectivity index (χ0) is 21.0. The van der Waals surface area contributed by atoms with Gasteiger partial charge in [0.05, 0.1) is 10.9 Å². The molecule has 1 aliphatic heterocycles. The van der Waals surface area contributed by atoms with Crippen molar-refractivity contribution in [3.05, 3.63) is 70.6 Å². The van der Waals surface area contributed by atoms with Gasteiger partial charge in [-0.25, -0.2) is 4.79 Å². The van der Waals surface area contributed by atoms with Crippen LogP contribution in [-0.4, -0.2) is 32.3 Å². The monoisotopic (exact) mass is 427 g/mol. The molecule has 0 aliphatic carbocycles. The fourth-order valence-electron chi connectivity index (χ4n) is 3.00. The molecule has 1 amide bonds. The van der Waals surface area contributed by atoms with Crippen LogP contribution in [0.5, 0.6) is 5.75 Å². The van der Waals surface area contributed by atoms with Gasteiger partial charge in [0.1, 0.15) is 10.1 Å². The summed E-state index contributed by atoms with van der Waals surface area (Å²) in [6, 6.07) is 16.6. The largest absolute Gasteiger partial charge is 0.479 e. The highest BCUT2D eigenvalue weighted by atomic mass is 32.2. The third kappa shape index (κ3) is 4.68. The minimum absolute atomic E-state index is 0.170. The molecule has 2 atom stereocenters. The van der Waals surface area contributed by atoms with Gasteiger partial charge in [0, 0.05) is 5.56 Å². The fourth-order valence-corrected chi connectivity index (χ4v) is 4.41. The number of rotatable bonds is 7. The van der Waals surface area contributed by atoms with Crippen LogP contribution in [0.25, 0.3) is 6.08 Å². The molecule has 2 aromatic carbocycles. The second-order valence-corrected chi connectivity index (χ2v) is 8.20. The first-order valence-corrected chi connectivity index (χ1v) is 10.4. The molecule has 3 rings (SSSR count). The summed E-state index contributed by atoms with van der Waals surface area (Å²) in [5, 5.41) is 9.27. The molecule has 1 heterocycles. The number of carboxylic acid groups (broad SMARTS) is 1. The van der Waals surface area contributed by atoms with Gasteiger partial charge in [-0.05, 0) is 31.1 Å². The van der Waals surface area contributed by atoms with Gasteiger partial charge < -0.3 is 9.84 Å². The molecule has 0 saturated carbocycles. The van der Waals surface area contributed by atoms with E-state index in [1.54, 1.807) is 36.1 Å². The van der Waals surface area contributed by atoms with Crippen molar-refractivity contribution >= 4 is 46.3 Å². The molecule has 1 saturated heterocycles. The predicted molar refractivity (Wildman–Crippen MR) is 119 cm³/mol. The number of benzene rings is 2. The Hall–Kier alpha value is -2.64. The van der Waals surface area contributed by atoms with Crippen molar-refractivity contribution in [3.63, 3.8) is 0 Å². The van der Waals surface area contributed by atoms with Crippen molar-refractivity contribution in [2.24, 2.45) is 0 Å². The van der Waals surface area contributed by atoms with Gasteiger partial charge >= 0.3 is 5.97 Å². The number of para-hydroxylation sites is 1. The average Bonchev–Trinajstić information content (AvgIpc) is 3.00. The maximum absolute atomic E-state index is 13.0. The molecule has 0 aromatic heterocycles. The SMILES string of the molecule is CCC(Oc1ccccc1/C=C1/SC(=S)N(C(C)c2ccccc2)C1=O)C(=O)O. The Morgan fingerprint density at radius 2 is 1.86 bits per heavy atom. The second-order valence-electron chi connectivity index (χ2n) is 6.53. The topological polar surface area (TPSA) is 66.8 Å². The summed E-state index contributed by atoms with van der Waals surface area (Å²) in [6.07, 6.45) is 1.10. The van der Waals surface area contributed by atoms with Crippen LogP contribution in [0.3, 0.4) is 0 Å². The van der Waals surface area contributed by atoms with Crippen molar-refractivity contribution in [2.75, 3.05) is 0 Å². The normalized spacial score (nSPS) is 17.4. The summed E-state index contributed by atoms with van der Waals surface area (Å²) in [4.78, 5) is 26.5. The Bertz CT molecular complexity index is 958. The lowest BCUT2D eigenvalue weighted by Crippen LogP contribution is -2.31. The van der Waals surface area contributed by atoms with Crippen molar-refractivity contribution in [2.45, 2.75) is 32.4 Å². The zero-order valence-corrected chi connectivity index (χ0v) is 17.7. The summed E-state index contributed by atoms with van der Waals surface area (Å²) in [7, 11) is 0. The van der Waals surface area contributed by atoms with Crippen molar-refractivity contribution in [3.8, 4) is 5.75 Å². The minimum atomic E-state index is -1.02. The highest BCUT2D eigenvalue weighted by Gasteiger charge is 2.36. The molecule has 1 N–H and O–H groups in total. The van der Waals surface area contributed by atoms with Gasteiger partial charge in [-0.3, -0.25) is 9.69 Å². The number of thiocarbonyl (C=S) groups is 1. The number of carbonyl (C=O) groups excluding carboxylic acids is 1. The van der Waals surface area contributed by atoms with Gasteiger partial charge in [-0.2, -0.15) is 0 Å². The van der Waals surface area contributed by atoms with E-state index in [9.17, 15) is 14.7 Å². The summed E-state index contributed by atoms with van der Waals surface area (Å²) in [5.41, 5.74) is 1.64. The van der Waals surface area contributed by atoms with E-state index >= 15 is 0 Å². The minimum Gasteiger partial charge on any atom is -0.479 e. The van der Waals surface area contributed by atoms with Gasteiger partial charge in [0.2, 0.25) is 0 Å². The standard InChI is InChI=1S/C22H21NO4S2/c1-3-17(21(25)26)27-18-12-8-7-11-16(18)13-19-20(24)23(22(28)29-19)14(2)15-9-5-4-6-10-15/h4-14,17H,3H2,1-2H3,(H,25,26)/b19-13+. The predicted octanol–water partition coefficient (Wildman–Crippen LogP) is 4.89. The van der Waals surface area contributed by atoms with E-state index in [1.807, 2.05) is 43.3 Å². The van der Waals surface area contributed by atoms with Crippen LogP contribution in [0.4, 0.5) is 0 Å². The maximum atomic E-state index is 13.0. The molecule has 2 unspecified atom stereocenters. The van der Waals surface area contributed by atoms with E-state index in [0.29, 0.717) is 27.0 Å². The van der Waals surface area contributed by atoms with Gasteiger partial charge in [0.15, 0.2) is 6.10 Å². The van der Waals surface area contributed by atoms with Crippen molar-refractivity contribution in [1.82, 2.24) is 4.90 Å². The molecule has 5 nitrogen and oxygen atoms in total. The summed E-state index contributed by atoms with van der Waals surface area (Å²) in [5.74, 6) is -0.773. The first-order chi connectivity index (χ1) is 13.9. The number of hydrogen-bond donors (Lipinski definition) is 1. The van der Waals surface area contributed by atoms with Crippen LogP contribution in [0.2, 0.25) is 0 Å². The Kier molecular flexibility index (Phi) is 6.71. The molecule has 1 fully saturated rings. The lowest BCUT2D eigenvalue weighted by Gasteiger charge is -2.23. The number of thioether (sulfide) groups is 1. The Labute approximate surface area is 179 Å². The van der Waals surface area contributed by atoms with Crippen LogP contribution in [0.15, 0.2) is 59.5 Å². The van der Waals surface area contributed by atoms with Crippen molar-refractivity contribution in [1.29, 1.82) is 0 Å². The average molecular weight is 428 g/mol. The lowest BCUT2D eigenvalue weighted by molar-refractivity contribution is -0.145. The van der Waals surface area contributed by atoms with Gasteiger partial charge in [-0.15, -0.1) is 0 Å². The van der Waals surface area contributed by atoms with Crippen LogP contribution >= 0.6 is 24.0 Å². The van der Waals surface area contributed by atoms with Gasteiger partial charge in [-0.1, -0.05) is 79.4 Å². The molecule has 0 spiro atoms. The molecule has 29 heavy (non-hydrogen) atoms. The molecule has 150 valence electrons. The summed E-state index contributed by atoms with van der Waals surface area (Å²) in [6.45, 7) is 3.69. The van der Waals surface area contributed by atoms with E-state index in [2.05, 4.69) is 0 Å². The van der Waals surface area contributed by atoms with Crippen LogP contribution in [-0.2, 0) is 9.59 Å². The Morgan fingerprint density at radius 1 is 1.21 bits per heavy atom. The Morgan fingerprint density at radius 3 is 2.52 bits per heavy atom. The molecular formula is C22H21NO4S2. The lowest BCUT2D eigenvalue weighted by atomic mass is 10.1. The molecule has 7 heteroatoms. The highest BCUT2D eigenvalue weighted by Crippen LogP contribution is 2.39. The molecule has 0 radical (unpaired) electrons. The van der Waals surface area contributed by atoms with E-state index in [-0.39, 0.29) is 11.9 Å². The molecule has 0 bridgehead atoms. The van der Waals surface area contributed by atoms with E-state index in [0.717, 1.165) is 5.56 Å². The van der Waals surface area contributed by atoms with E-state index in [4.69, 9.17) is 17.0 Å². The number of nitrogens with zero attached hydrogens (tertiary/aromatic N) is 1. The highest BCUT2D eigenvalue weighted by molar-refractivity contribution is 8.26. The molecular weight excluding hydrogens is 406 g/mol. The first-order valence-electron chi connectivity index (χ1n) is 9.22. The smallest absolute Gasteiger partial charge is 0.344 e. The Balaban J connectivity index is 1.88. The number of carbonyl (C=O) groups is 2. The van der Waals surface area contributed by atoms with Crippen molar-refractivity contribution < 1.29 is 19.4 Å². The van der Waals surface area contributed by atoms with E-state index < -0.39 is 12.1 Å².